The zero-order valence-corrected chi connectivity index (χ0v) is 7.96. The lowest BCUT2D eigenvalue weighted by Gasteiger charge is -2.02. The zero-order valence-electron chi connectivity index (χ0n) is 7.96. The number of ketones is 1. The molecule has 0 unspecified atom stereocenters. The largest absolute Gasteiger partial charge is 0.324 e. The fraction of sp³-hybridized carbons (Fsp3) is 0. The van der Waals surface area contributed by atoms with Crippen LogP contribution in [-0.2, 0) is 4.79 Å². The molecule has 74 valence electrons. The van der Waals surface area contributed by atoms with Crippen LogP contribution in [0.15, 0.2) is 48.8 Å². The molecule has 1 aromatic carbocycles. The van der Waals surface area contributed by atoms with Crippen LogP contribution in [0.3, 0.4) is 0 Å². The Morgan fingerprint density at radius 2 is 1.67 bits per heavy atom. The molecule has 0 bridgehead atoms. The van der Waals surface area contributed by atoms with Crippen molar-refractivity contribution in [1.29, 1.82) is 0 Å². The Kier molecular flexibility index (Phi) is 2.46. The molecule has 1 aromatic heterocycles. The summed E-state index contributed by atoms with van der Waals surface area (Å²) < 4.78 is 1.93. The predicted octanol–water partition coefficient (Wildman–Crippen LogP) is 1.86. The number of Topliss-reactive ketones (excluding diaryl/α,β-unsaturated/α-hetero) is 1. The Hall–Kier alpha value is -2.16. The van der Waals surface area contributed by atoms with Gasteiger partial charge in [0, 0.05) is 23.6 Å². The molecule has 0 aliphatic heterocycles. The first kappa shape index (κ1) is 9.40. The highest BCUT2D eigenvalue weighted by molar-refractivity contribution is 6.33. The summed E-state index contributed by atoms with van der Waals surface area (Å²) in [7, 11) is 0. The van der Waals surface area contributed by atoms with Crippen LogP contribution < -0.4 is 0 Å². The number of rotatable bonds is 3. The minimum atomic E-state index is -0.492. The molecular formula is C12H9NO2. The summed E-state index contributed by atoms with van der Waals surface area (Å²) in [5.74, 6) is -0.492. The summed E-state index contributed by atoms with van der Waals surface area (Å²) in [6, 6.07) is 10.7. The maximum absolute atomic E-state index is 11.0. The minimum Gasteiger partial charge on any atom is -0.324 e. The number of nitrogens with zero attached hydrogens (tertiary/aromatic N) is 1. The Bertz CT molecular complexity index is 469. The molecule has 0 spiro atoms. The van der Waals surface area contributed by atoms with Crippen LogP contribution in [0.5, 0.6) is 0 Å². The maximum Gasteiger partial charge on any atom is 0.225 e. The first-order valence-electron chi connectivity index (χ1n) is 4.54. The monoisotopic (exact) mass is 199 g/mol. The smallest absolute Gasteiger partial charge is 0.225 e. The first-order chi connectivity index (χ1) is 7.31. The molecule has 3 heteroatoms. The van der Waals surface area contributed by atoms with E-state index in [1.54, 1.807) is 24.3 Å². The Balaban J connectivity index is 2.32. The van der Waals surface area contributed by atoms with Gasteiger partial charge in [0.1, 0.15) is 0 Å². The second-order valence-corrected chi connectivity index (χ2v) is 3.12. The highest BCUT2D eigenvalue weighted by Gasteiger charge is 2.03. The van der Waals surface area contributed by atoms with E-state index in [2.05, 4.69) is 0 Å². The maximum atomic E-state index is 11.0. The number of hydrogen-bond acceptors (Lipinski definition) is 2. The molecule has 0 saturated heterocycles. The number of hydrogen-bond donors (Lipinski definition) is 0. The average Bonchev–Trinajstić information content (AvgIpc) is 2.82. The van der Waals surface area contributed by atoms with E-state index >= 15 is 0 Å². The van der Waals surface area contributed by atoms with E-state index in [9.17, 15) is 9.59 Å². The topological polar surface area (TPSA) is 39.1 Å². The molecule has 0 N–H and O–H groups in total. The van der Waals surface area contributed by atoms with Gasteiger partial charge < -0.3 is 4.57 Å². The van der Waals surface area contributed by atoms with Gasteiger partial charge in [-0.05, 0) is 36.4 Å². The van der Waals surface area contributed by atoms with Crippen LogP contribution in [0.4, 0.5) is 0 Å². The molecule has 3 nitrogen and oxygen atoms in total. The van der Waals surface area contributed by atoms with Crippen molar-refractivity contribution < 1.29 is 9.59 Å². The minimum absolute atomic E-state index is 0.324. The van der Waals surface area contributed by atoms with Gasteiger partial charge in [-0.1, -0.05) is 0 Å². The van der Waals surface area contributed by atoms with Crippen molar-refractivity contribution in [2.75, 3.05) is 0 Å². The van der Waals surface area contributed by atoms with Gasteiger partial charge in [0.2, 0.25) is 5.78 Å². The van der Waals surface area contributed by atoms with Crippen LogP contribution in [0.25, 0.3) is 5.69 Å². The highest BCUT2D eigenvalue weighted by Crippen LogP contribution is 2.09. The molecule has 0 aliphatic rings. The second kappa shape index (κ2) is 3.92. The summed E-state index contributed by atoms with van der Waals surface area (Å²) in [6.45, 7) is 0. The molecule has 0 saturated carbocycles. The number of aldehydes is 1. The van der Waals surface area contributed by atoms with Crippen LogP contribution >= 0.6 is 0 Å². The number of aromatic nitrogens is 1. The van der Waals surface area contributed by atoms with Crippen LogP contribution in [0, 0.1) is 0 Å². The van der Waals surface area contributed by atoms with Gasteiger partial charge >= 0.3 is 0 Å². The first-order valence-corrected chi connectivity index (χ1v) is 4.54. The van der Waals surface area contributed by atoms with Gasteiger partial charge in [0.05, 0.1) is 0 Å². The van der Waals surface area contributed by atoms with E-state index < -0.39 is 5.78 Å². The lowest BCUT2D eigenvalue weighted by Crippen LogP contribution is -1.99. The summed E-state index contributed by atoms with van der Waals surface area (Å²) in [4.78, 5) is 21.3. The van der Waals surface area contributed by atoms with E-state index in [4.69, 9.17) is 0 Å². The highest BCUT2D eigenvalue weighted by atomic mass is 16.2. The molecule has 1 heterocycles. The number of carbonyl (C=O) groups excluding carboxylic acids is 2. The molecule has 0 atom stereocenters. The average molecular weight is 199 g/mol. The Morgan fingerprint density at radius 3 is 2.20 bits per heavy atom. The third-order valence-electron chi connectivity index (χ3n) is 2.16. The third-order valence-corrected chi connectivity index (χ3v) is 2.16. The van der Waals surface area contributed by atoms with Crippen molar-refractivity contribution in [3.63, 3.8) is 0 Å². The predicted molar refractivity (Wildman–Crippen MR) is 56.2 cm³/mol. The Morgan fingerprint density at radius 1 is 1.07 bits per heavy atom. The van der Waals surface area contributed by atoms with E-state index in [0.29, 0.717) is 11.8 Å². The standard InChI is InChI=1S/C12H9NO2/c14-9-12(15)10-3-5-11(6-4-10)13-7-1-2-8-13/h1-9H. The van der Waals surface area contributed by atoms with Crippen molar-refractivity contribution in [2.24, 2.45) is 0 Å². The summed E-state index contributed by atoms with van der Waals surface area (Å²) in [6.07, 6.45) is 4.15. The van der Waals surface area contributed by atoms with E-state index in [1.165, 1.54) is 0 Å². The van der Waals surface area contributed by atoms with Crippen molar-refractivity contribution >= 4 is 12.1 Å². The second-order valence-electron chi connectivity index (χ2n) is 3.12. The van der Waals surface area contributed by atoms with E-state index in [-0.39, 0.29) is 0 Å². The lowest BCUT2D eigenvalue weighted by atomic mass is 10.1. The van der Waals surface area contributed by atoms with Gasteiger partial charge in [-0.2, -0.15) is 0 Å². The van der Waals surface area contributed by atoms with Gasteiger partial charge in [-0.15, -0.1) is 0 Å². The number of carbonyl (C=O) groups is 2. The van der Waals surface area contributed by atoms with E-state index in [0.717, 1.165) is 5.69 Å². The molecule has 0 fully saturated rings. The van der Waals surface area contributed by atoms with Crippen molar-refractivity contribution in [3.05, 3.63) is 54.4 Å². The lowest BCUT2D eigenvalue weighted by molar-refractivity contribution is -0.104. The van der Waals surface area contributed by atoms with Gasteiger partial charge in [-0.3, -0.25) is 9.59 Å². The van der Waals surface area contributed by atoms with Crippen molar-refractivity contribution in [2.45, 2.75) is 0 Å². The molecule has 2 aromatic rings. The molecule has 0 aliphatic carbocycles. The SMILES string of the molecule is O=CC(=O)c1ccc(-n2cccc2)cc1. The summed E-state index contributed by atoms with van der Waals surface area (Å²) in [5, 5.41) is 0. The van der Waals surface area contributed by atoms with Crippen molar-refractivity contribution in [1.82, 2.24) is 4.57 Å². The molecule has 15 heavy (non-hydrogen) atoms. The molecule has 2 rings (SSSR count). The summed E-state index contributed by atoms with van der Waals surface area (Å²) >= 11 is 0. The fourth-order valence-corrected chi connectivity index (χ4v) is 1.37. The molecule has 0 radical (unpaired) electrons. The number of benzene rings is 1. The van der Waals surface area contributed by atoms with E-state index in [1.807, 2.05) is 29.1 Å². The normalized spacial score (nSPS) is 9.87. The quantitative estimate of drug-likeness (QED) is 0.430. The van der Waals surface area contributed by atoms with Gasteiger partial charge in [-0.25, -0.2) is 0 Å². The van der Waals surface area contributed by atoms with Gasteiger partial charge in [0.15, 0.2) is 6.29 Å². The third kappa shape index (κ3) is 1.86. The van der Waals surface area contributed by atoms with Gasteiger partial charge in [0.25, 0.3) is 0 Å². The zero-order chi connectivity index (χ0) is 10.7. The Labute approximate surface area is 87.0 Å². The van der Waals surface area contributed by atoms with Crippen LogP contribution in [-0.4, -0.2) is 16.6 Å². The molecule has 0 amide bonds. The fourth-order valence-electron chi connectivity index (χ4n) is 1.37. The molecular weight excluding hydrogens is 190 g/mol. The van der Waals surface area contributed by atoms with Crippen LogP contribution in [0.2, 0.25) is 0 Å². The van der Waals surface area contributed by atoms with Crippen LogP contribution in [0.1, 0.15) is 10.4 Å². The van der Waals surface area contributed by atoms with Crippen molar-refractivity contribution in [3.8, 4) is 5.69 Å². The summed E-state index contributed by atoms with van der Waals surface area (Å²) in [5.41, 5.74) is 1.38.